The van der Waals surface area contributed by atoms with Crippen LogP contribution in [-0.4, -0.2) is 12.4 Å². The Balaban J connectivity index is 1.67. The molecule has 2 N–H and O–H groups in total. The molecule has 0 heterocycles. The van der Waals surface area contributed by atoms with Crippen LogP contribution >= 0.6 is 23.4 Å². The van der Waals surface area contributed by atoms with Gasteiger partial charge in [-0.15, -0.1) is 11.8 Å². The van der Waals surface area contributed by atoms with Crippen LogP contribution in [0.1, 0.15) is 12.0 Å². The molecule has 0 fully saturated rings. The van der Waals surface area contributed by atoms with Crippen LogP contribution < -0.4 is 10.5 Å². The smallest absolute Gasteiger partial charge is 0.119 e. The van der Waals surface area contributed by atoms with Gasteiger partial charge < -0.3 is 10.5 Å². The van der Waals surface area contributed by atoms with Crippen molar-refractivity contribution in [1.29, 1.82) is 0 Å². The Hall–Kier alpha value is -1.16. The van der Waals surface area contributed by atoms with Crippen LogP contribution in [0.5, 0.6) is 5.75 Å². The van der Waals surface area contributed by atoms with Crippen LogP contribution in [0, 0.1) is 0 Å². The second-order valence-electron chi connectivity index (χ2n) is 4.33. The van der Waals surface area contributed by atoms with Crippen LogP contribution in [0.15, 0.2) is 53.4 Å². The van der Waals surface area contributed by atoms with Crippen molar-refractivity contribution in [2.75, 3.05) is 12.4 Å². The van der Waals surface area contributed by atoms with Gasteiger partial charge in [-0.25, -0.2) is 0 Å². The molecule has 20 heavy (non-hydrogen) atoms. The van der Waals surface area contributed by atoms with E-state index < -0.39 is 0 Å². The fourth-order valence-corrected chi connectivity index (χ4v) is 2.88. The average molecular weight is 308 g/mol. The summed E-state index contributed by atoms with van der Waals surface area (Å²) in [5.41, 5.74) is 6.67. The van der Waals surface area contributed by atoms with Crippen molar-refractivity contribution >= 4 is 23.4 Å². The molecule has 106 valence electrons. The van der Waals surface area contributed by atoms with Gasteiger partial charge in [-0.3, -0.25) is 0 Å². The van der Waals surface area contributed by atoms with Crippen molar-refractivity contribution in [3.63, 3.8) is 0 Å². The molecular weight excluding hydrogens is 290 g/mol. The monoisotopic (exact) mass is 307 g/mol. The number of ether oxygens (including phenoxy) is 1. The highest BCUT2D eigenvalue weighted by molar-refractivity contribution is 7.99. The minimum atomic E-state index is 0.564. The highest BCUT2D eigenvalue weighted by Gasteiger charge is 2.00. The van der Waals surface area contributed by atoms with Gasteiger partial charge in [-0.2, -0.15) is 0 Å². The lowest BCUT2D eigenvalue weighted by atomic mass is 10.2. The zero-order valence-corrected chi connectivity index (χ0v) is 12.8. The molecule has 0 saturated carbocycles. The Morgan fingerprint density at radius 3 is 2.50 bits per heavy atom. The SMILES string of the molecule is NCc1ccc(OCCCSc2ccccc2Cl)cc1. The third-order valence-corrected chi connectivity index (χ3v) is 4.41. The molecule has 0 saturated heterocycles. The topological polar surface area (TPSA) is 35.2 Å². The third kappa shape index (κ3) is 4.75. The second-order valence-corrected chi connectivity index (χ2v) is 5.87. The van der Waals surface area contributed by atoms with E-state index in [1.807, 2.05) is 48.5 Å². The van der Waals surface area contributed by atoms with Crippen molar-refractivity contribution in [3.05, 3.63) is 59.1 Å². The standard InChI is InChI=1S/C16H18ClNOS/c17-15-4-1-2-5-16(15)20-11-3-10-19-14-8-6-13(12-18)7-9-14/h1-2,4-9H,3,10-12,18H2. The fourth-order valence-electron chi connectivity index (χ4n) is 1.71. The minimum absolute atomic E-state index is 0.564. The highest BCUT2D eigenvalue weighted by atomic mass is 35.5. The quantitative estimate of drug-likeness (QED) is 0.610. The highest BCUT2D eigenvalue weighted by Crippen LogP contribution is 2.26. The maximum absolute atomic E-state index is 6.10. The lowest BCUT2D eigenvalue weighted by Gasteiger charge is -2.07. The van der Waals surface area contributed by atoms with Gasteiger partial charge >= 0.3 is 0 Å². The summed E-state index contributed by atoms with van der Waals surface area (Å²) < 4.78 is 5.69. The first-order chi connectivity index (χ1) is 9.79. The summed E-state index contributed by atoms with van der Waals surface area (Å²) in [7, 11) is 0. The Morgan fingerprint density at radius 1 is 1.05 bits per heavy atom. The molecule has 2 rings (SSSR count). The predicted molar refractivity (Wildman–Crippen MR) is 86.6 cm³/mol. The number of benzene rings is 2. The van der Waals surface area contributed by atoms with Gasteiger partial charge in [0.05, 0.1) is 11.6 Å². The zero-order chi connectivity index (χ0) is 14.2. The molecule has 0 aliphatic carbocycles. The lowest BCUT2D eigenvalue weighted by molar-refractivity contribution is 0.318. The third-order valence-electron chi connectivity index (χ3n) is 2.81. The first-order valence-corrected chi connectivity index (χ1v) is 7.95. The molecule has 0 amide bonds. The van der Waals surface area contributed by atoms with E-state index in [0.717, 1.165) is 33.4 Å². The van der Waals surface area contributed by atoms with Crippen molar-refractivity contribution in [1.82, 2.24) is 0 Å². The van der Waals surface area contributed by atoms with Crippen molar-refractivity contribution < 1.29 is 4.74 Å². The summed E-state index contributed by atoms with van der Waals surface area (Å²) in [6, 6.07) is 15.8. The second kappa shape index (κ2) is 8.20. The Kier molecular flexibility index (Phi) is 6.25. The molecule has 0 radical (unpaired) electrons. The normalized spacial score (nSPS) is 10.5. The van der Waals surface area contributed by atoms with E-state index in [1.165, 1.54) is 0 Å². The summed E-state index contributed by atoms with van der Waals surface area (Å²) in [6.07, 6.45) is 0.981. The van der Waals surface area contributed by atoms with Gasteiger partial charge in [0.1, 0.15) is 5.75 Å². The van der Waals surface area contributed by atoms with E-state index in [9.17, 15) is 0 Å². The maximum atomic E-state index is 6.10. The van der Waals surface area contributed by atoms with Gasteiger partial charge in [0, 0.05) is 17.2 Å². The van der Waals surface area contributed by atoms with Gasteiger partial charge in [0.15, 0.2) is 0 Å². The van der Waals surface area contributed by atoms with Crippen molar-refractivity contribution in [2.24, 2.45) is 5.73 Å². The fraction of sp³-hybridized carbons (Fsp3) is 0.250. The average Bonchev–Trinajstić information content (AvgIpc) is 2.49. The van der Waals surface area contributed by atoms with Gasteiger partial charge in [-0.1, -0.05) is 35.9 Å². The number of rotatable bonds is 7. The van der Waals surface area contributed by atoms with E-state index >= 15 is 0 Å². The number of hydrogen-bond acceptors (Lipinski definition) is 3. The zero-order valence-electron chi connectivity index (χ0n) is 11.2. The first kappa shape index (κ1) is 15.2. The molecule has 2 nitrogen and oxygen atoms in total. The summed E-state index contributed by atoms with van der Waals surface area (Å²) in [5, 5.41) is 0.816. The Morgan fingerprint density at radius 2 is 1.80 bits per heavy atom. The molecule has 0 aliphatic rings. The molecule has 0 aromatic heterocycles. The van der Waals surface area contributed by atoms with Gasteiger partial charge in [0.2, 0.25) is 0 Å². The molecule has 4 heteroatoms. The number of hydrogen-bond donors (Lipinski definition) is 1. The van der Waals surface area contributed by atoms with Crippen LogP contribution in [0.3, 0.4) is 0 Å². The Bertz CT molecular complexity index is 530. The Labute approximate surface area is 129 Å². The minimum Gasteiger partial charge on any atom is -0.494 e. The van der Waals surface area contributed by atoms with Crippen LogP contribution in [0.25, 0.3) is 0 Å². The number of nitrogens with two attached hydrogens (primary N) is 1. The van der Waals surface area contributed by atoms with Crippen LogP contribution in [0.2, 0.25) is 5.02 Å². The first-order valence-electron chi connectivity index (χ1n) is 6.59. The van der Waals surface area contributed by atoms with Crippen LogP contribution in [-0.2, 0) is 6.54 Å². The van der Waals surface area contributed by atoms with Crippen molar-refractivity contribution in [3.8, 4) is 5.75 Å². The number of halogens is 1. The molecule has 0 atom stereocenters. The van der Waals surface area contributed by atoms with E-state index in [0.29, 0.717) is 13.2 Å². The summed E-state index contributed by atoms with van der Waals surface area (Å²) in [4.78, 5) is 1.13. The molecule has 0 bridgehead atoms. The van der Waals surface area contributed by atoms with Gasteiger partial charge in [0.25, 0.3) is 0 Å². The molecule has 0 spiro atoms. The predicted octanol–water partition coefficient (Wildman–Crippen LogP) is 4.36. The molecule has 2 aromatic carbocycles. The molecule has 2 aromatic rings. The molecule has 0 aliphatic heterocycles. The lowest BCUT2D eigenvalue weighted by Crippen LogP contribution is -2.00. The molecular formula is C16H18ClNOS. The molecule has 0 unspecified atom stereocenters. The van der Waals surface area contributed by atoms with Crippen LogP contribution in [0.4, 0.5) is 0 Å². The van der Waals surface area contributed by atoms with E-state index in [4.69, 9.17) is 22.1 Å². The summed E-state index contributed by atoms with van der Waals surface area (Å²) in [6.45, 7) is 1.27. The van der Waals surface area contributed by atoms with E-state index in [-0.39, 0.29) is 0 Å². The van der Waals surface area contributed by atoms with Crippen molar-refractivity contribution in [2.45, 2.75) is 17.9 Å². The van der Waals surface area contributed by atoms with E-state index in [1.54, 1.807) is 11.8 Å². The van der Waals surface area contributed by atoms with E-state index in [2.05, 4.69) is 0 Å². The largest absolute Gasteiger partial charge is 0.494 e. The summed E-state index contributed by atoms with van der Waals surface area (Å²) in [5.74, 6) is 1.88. The summed E-state index contributed by atoms with van der Waals surface area (Å²) >= 11 is 7.86. The number of thioether (sulfide) groups is 1. The van der Waals surface area contributed by atoms with Gasteiger partial charge in [-0.05, 0) is 36.2 Å². The maximum Gasteiger partial charge on any atom is 0.119 e.